The summed E-state index contributed by atoms with van der Waals surface area (Å²) in [6.45, 7) is 0.487. The average molecular weight is 325 g/mol. The highest BCUT2D eigenvalue weighted by molar-refractivity contribution is 7.89. The number of hydrogen-bond acceptors (Lipinski definition) is 3. The van der Waals surface area contributed by atoms with Crippen molar-refractivity contribution >= 4 is 10.0 Å². The Morgan fingerprint density at radius 2 is 2.14 bits per heavy atom. The van der Waals surface area contributed by atoms with Gasteiger partial charge in [0.2, 0.25) is 10.0 Å². The first-order valence-corrected chi connectivity index (χ1v) is 8.32. The lowest BCUT2D eigenvalue weighted by molar-refractivity contribution is -0.130. The van der Waals surface area contributed by atoms with Gasteiger partial charge in [0.1, 0.15) is 0 Å². The molecule has 9 heteroatoms. The van der Waals surface area contributed by atoms with E-state index < -0.39 is 28.4 Å². The molecule has 1 aliphatic rings. The number of nitrogens with zero attached hydrogens (tertiary/aromatic N) is 3. The highest BCUT2D eigenvalue weighted by Gasteiger charge is 2.35. The third kappa shape index (κ3) is 4.44. The van der Waals surface area contributed by atoms with Crippen molar-refractivity contribution in [3.63, 3.8) is 0 Å². The Morgan fingerprint density at radius 1 is 1.43 bits per heavy atom. The molecule has 1 atom stereocenters. The molecule has 0 spiro atoms. The number of halogens is 3. The van der Waals surface area contributed by atoms with Gasteiger partial charge < -0.3 is 0 Å². The molecule has 0 unspecified atom stereocenters. The van der Waals surface area contributed by atoms with E-state index >= 15 is 0 Å². The molecular formula is C12H18F3N3O2S. The van der Waals surface area contributed by atoms with Crippen LogP contribution in [0.2, 0.25) is 0 Å². The number of piperidine rings is 1. The Labute approximate surface area is 121 Å². The molecule has 1 aliphatic heterocycles. The number of alkyl halides is 3. The lowest BCUT2D eigenvalue weighted by Crippen LogP contribution is -2.41. The van der Waals surface area contributed by atoms with Crippen molar-refractivity contribution < 1.29 is 21.6 Å². The highest BCUT2D eigenvalue weighted by atomic mass is 32.2. The molecule has 1 aromatic rings. The molecule has 2 heterocycles. The van der Waals surface area contributed by atoms with E-state index in [9.17, 15) is 21.6 Å². The number of aromatic nitrogens is 2. The largest absolute Gasteiger partial charge is 0.390 e. The van der Waals surface area contributed by atoms with E-state index in [4.69, 9.17) is 0 Å². The Kier molecular flexibility index (Phi) is 4.62. The van der Waals surface area contributed by atoms with Gasteiger partial charge in [-0.25, -0.2) is 12.7 Å². The molecule has 5 nitrogen and oxygen atoms in total. The zero-order valence-corrected chi connectivity index (χ0v) is 12.5. The van der Waals surface area contributed by atoms with E-state index in [2.05, 4.69) is 5.10 Å². The Morgan fingerprint density at radius 3 is 2.71 bits per heavy atom. The van der Waals surface area contributed by atoms with E-state index in [0.717, 1.165) is 12.1 Å². The fourth-order valence-corrected chi connectivity index (χ4v) is 4.02. The summed E-state index contributed by atoms with van der Waals surface area (Å²) in [7, 11) is -2.10. The average Bonchev–Trinajstić information content (AvgIpc) is 2.83. The fraction of sp³-hybridized carbons (Fsp3) is 0.750. The molecule has 0 bridgehead atoms. The van der Waals surface area contributed by atoms with Crippen molar-refractivity contribution in [2.75, 3.05) is 18.8 Å². The van der Waals surface area contributed by atoms with E-state index in [-0.39, 0.29) is 19.0 Å². The summed E-state index contributed by atoms with van der Waals surface area (Å²) < 4.78 is 63.4. The van der Waals surface area contributed by atoms with Crippen LogP contribution in [-0.4, -0.2) is 47.5 Å². The first-order valence-electron chi connectivity index (χ1n) is 6.71. The number of sulfonamides is 1. The van der Waals surface area contributed by atoms with Gasteiger partial charge in [0.15, 0.2) is 0 Å². The van der Waals surface area contributed by atoms with Crippen molar-refractivity contribution in [3.8, 4) is 0 Å². The summed E-state index contributed by atoms with van der Waals surface area (Å²) in [4.78, 5) is 0. The minimum atomic E-state index is -4.46. The van der Waals surface area contributed by atoms with Crippen molar-refractivity contribution in [2.24, 2.45) is 7.05 Å². The summed E-state index contributed by atoms with van der Waals surface area (Å²) in [6.07, 6.45) is -2.56. The van der Waals surface area contributed by atoms with Gasteiger partial charge in [0.25, 0.3) is 0 Å². The van der Waals surface area contributed by atoms with Crippen LogP contribution in [0.5, 0.6) is 0 Å². The third-order valence-corrected chi connectivity index (χ3v) is 5.41. The van der Waals surface area contributed by atoms with Crippen LogP contribution < -0.4 is 0 Å². The van der Waals surface area contributed by atoms with Gasteiger partial charge in [-0.15, -0.1) is 0 Å². The van der Waals surface area contributed by atoms with Crippen molar-refractivity contribution in [3.05, 3.63) is 18.0 Å². The maximum atomic E-state index is 12.2. The summed E-state index contributed by atoms with van der Waals surface area (Å²) in [6, 6.07) is 1.82. The monoisotopic (exact) mass is 325 g/mol. The second kappa shape index (κ2) is 5.96. The maximum absolute atomic E-state index is 12.2. The van der Waals surface area contributed by atoms with Crippen LogP contribution in [0.25, 0.3) is 0 Å². The van der Waals surface area contributed by atoms with Crippen LogP contribution in [0, 0.1) is 0 Å². The normalized spacial score (nSPS) is 21.6. The minimum Gasteiger partial charge on any atom is -0.276 e. The molecular weight excluding hydrogens is 307 g/mol. The fourth-order valence-electron chi connectivity index (χ4n) is 2.46. The molecule has 1 saturated heterocycles. The van der Waals surface area contributed by atoms with Crippen LogP contribution in [0.1, 0.15) is 30.9 Å². The molecule has 0 N–H and O–H groups in total. The molecule has 1 aromatic heterocycles. The van der Waals surface area contributed by atoms with E-state index in [1.165, 1.54) is 4.31 Å². The predicted molar refractivity (Wildman–Crippen MR) is 71.2 cm³/mol. The second-order valence-electron chi connectivity index (χ2n) is 5.29. The van der Waals surface area contributed by atoms with Gasteiger partial charge in [0, 0.05) is 32.3 Å². The van der Waals surface area contributed by atoms with E-state index in [0.29, 0.717) is 6.42 Å². The Bertz CT molecular complexity index is 583. The van der Waals surface area contributed by atoms with Crippen LogP contribution >= 0.6 is 0 Å². The molecule has 0 saturated carbocycles. The molecule has 21 heavy (non-hydrogen) atoms. The van der Waals surface area contributed by atoms with Gasteiger partial charge in [0.05, 0.1) is 17.9 Å². The van der Waals surface area contributed by atoms with E-state index in [1.807, 2.05) is 6.07 Å². The molecule has 0 aromatic carbocycles. The van der Waals surface area contributed by atoms with Crippen LogP contribution in [0.3, 0.4) is 0 Å². The van der Waals surface area contributed by atoms with Gasteiger partial charge in [-0.1, -0.05) is 0 Å². The number of rotatable bonds is 4. The summed E-state index contributed by atoms with van der Waals surface area (Å²) in [5.41, 5.74) is 0.785. The van der Waals surface area contributed by atoms with E-state index in [1.54, 1.807) is 17.9 Å². The predicted octanol–water partition coefficient (Wildman–Crippen LogP) is 1.88. The van der Waals surface area contributed by atoms with Gasteiger partial charge >= 0.3 is 6.18 Å². The van der Waals surface area contributed by atoms with Crippen LogP contribution in [0.4, 0.5) is 13.2 Å². The van der Waals surface area contributed by atoms with Crippen molar-refractivity contribution in [1.29, 1.82) is 0 Å². The maximum Gasteiger partial charge on any atom is 0.390 e. The summed E-state index contributed by atoms with van der Waals surface area (Å²) in [5, 5.41) is 4.25. The smallest absolute Gasteiger partial charge is 0.276 e. The van der Waals surface area contributed by atoms with Gasteiger partial charge in [-0.05, 0) is 18.9 Å². The Hall–Kier alpha value is -1.09. The van der Waals surface area contributed by atoms with Crippen LogP contribution in [-0.2, 0) is 17.1 Å². The summed E-state index contributed by atoms with van der Waals surface area (Å²) >= 11 is 0. The standard InChI is InChI=1S/C12H18F3N3O2S/c1-17-7-4-11(16-17)10-3-2-6-18(9-10)21(19,20)8-5-12(13,14)15/h4,7,10H,2-3,5-6,8-9H2,1H3/t10-/m0/s1. The Balaban J connectivity index is 2.03. The lowest BCUT2D eigenvalue weighted by Gasteiger charge is -2.31. The van der Waals surface area contributed by atoms with Crippen LogP contribution in [0.15, 0.2) is 12.3 Å². The van der Waals surface area contributed by atoms with Gasteiger partial charge in [-0.3, -0.25) is 4.68 Å². The second-order valence-corrected chi connectivity index (χ2v) is 7.38. The highest BCUT2D eigenvalue weighted by Crippen LogP contribution is 2.28. The third-order valence-electron chi connectivity index (χ3n) is 3.57. The summed E-state index contributed by atoms with van der Waals surface area (Å²) in [5.74, 6) is -0.938. The van der Waals surface area contributed by atoms with Crippen molar-refractivity contribution in [2.45, 2.75) is 31.4 Å². The number of hydrogen-bond donors (Lipinski definition) is 0. The first-order chi connectivity index (χ1) is 9.67. The lowest BCUT2D eigenvalue weighted by atomic mass is 9.96. The van der Waals surface area contributed by atoms with Crippen molar-refractivity contribution in [1.82, 2.24) is 14.1 Å². The molecule has 2 rings (SSSR count). The van der Waals surface area contributed by atoms with Gasteiger partial charge in [-0.2, -0.15) is 18.3 Å². The molecule has 0 amide bonds. The molecule has 1 fully saturated rings. The molecule has 0 radical (unpaired) electrons. The molecule has 0 aliphatic carbocycles. The molecule has 120 valence electrons. The number of aryl methyl sites for hydroxylation is 1. The first kappa shape index (κ1) is 16.3. The SMILES string of the molecule is Cn1ccc([C@H]2CCCN(S(=O)(=O)CCC(F)(F)F)C2)n1. The zero-order chi connectivity index (χ0) is 15.7. The minimum absolute atomic E-state index is 0.0550. The zero-order valence-electron chi connectivity index (χ0n) is 11.7. The topological polar surface area (TPSA) is 55.2 Å². The quantitative estimate of drug-likeness (QED) is 0.849.